The number of rotatable bonds is 6. The van der Waals surface area contributed by atoms with E-state index >= 15 is 0 Å². The predicted octanol–water partition coefficient (Wildman–Crippen LogP) is 4.00. The number of hydrogen-bond donors (Lipinski definition) is 0. The fourth-order valence-electron chi connectivity index (χ4n) is 2.03. The zero-order valence-corrected chi connectivity index (χ0v) is 12.0. The Kier molecular flexibility index (Phi) is 5.11. The zero-order chi connectivity index (χ0) is 15.1. The maximum Gasteiger partial charge on any atom is 0.170 e. The van der Waals surface area contributed by atoms with Crippen LogP contribution in [0.25, 0.3) is 0 Å². The third-order valence-corrected chi connectivity index (χ3v) is 3.23. The average molecular weight is 279 g/mol. The van der Waals surface area contributed by atoms with E-state index in [0.29, 0.717) is 17.9 Å². The summed E-state index contributed by atoms with van der Waals surface area (Å²) in [4.78, 5) is 12.3. The number of nitrogens with zero attached hydrogens (tertiary/aromatic N) is 1. The highest BCUT2D eigenvalue weighted by atomic mass is 16.5. The summed E-state index contributed by atoms with van der Waals surface area (Å²) in [5.41, 5.74) is 1.58. The van der Waals surface area contributed by atoms with Crippen LogP contribution < -0.4 is 4.74 Å². The van der Waals surface area contributed by atoms with E-state index in [1.54, 1.807) is 19.1 Å². The molecule has 0 bridgehead atoms. The number of ketones is 1. The van der Waals surface area contributed by atoms with Crippen LogP contribution in [-0.2, 0) is 6.61 Å². The predicted molar refractivity (Wildman–Crippen MR) is 80.9 cm³/mol. The summed E-state index contributed by atoms with van der Waals surface area (Å²) < 4.78 is 5.77. The average Bonchev–Trinajstić information content (AvgIpc) is 2.54. The third-order valence-electron chi connectivity index (χ3n) is 3.23. The molecule has 0 amide bonds. The molecule has 3 heteroatoms. The molecule has 0 N–H and O–H groups in total. The standard InChI is InChI=1S/C18H17NO2/c1-14(11-12-19)18(20)16-9-5-6-10-17(16)21-13-15-7-3-2-4-8-15/h2-10,14H,11,13H2,1H3. The van der Waals surface area contributed by atoms with E-state index in [2.05, 4.69) is 0 Å². The van der Waals surface area contributed by atoms with Crippen LogP contribution in [0.5, 0.6) is 5.75 Å². The van der Waals surface area contributed by atoms with Gasteiger partial charge in [-0.2, -0.15) is 5.26 Å². The van der Waals surface area contributed by atoms with Crippen LogP contribution in [-0.4, -0.2) is 5.78 Å². The van der Waals surface area contributed by atoms with Gasteiger partial charge in [0.05, 0.1) is 11.6 Å². The van der Waals surface area contributed by atoms with Crippen molar-refractivity contribution >= 4 is 5.78 Å². The SMILES string of the molecule is CC(CC#N)C(=O)c1ccccc1OCc1ccccc1. The fraction of sp³-hybridized carbons (Fsp3) is 0.222. The van der Waals surface area contributed by atoms with E-state index in [4.69, 9.17) is 10.00 Å². The van der Waals surface area contributed by atoms with Crippen molar-refractivity contribution in [2.45, 2.75) is 20.0 Å². The van der Waals surface area contributed by atoms with Crippen molar-refractivity contribution in [3.05, 3.63) is 65.7 Å². The lowest BCUT2D eigenvalue weighted by molar-refractivity contribution is 0.0927. The molecule has 0 saturated carbocycles. The molecular weight excluding hydrogens is 262 g/mol. The summed E-state index contributed by atoms with van der Waals surface area (Å²) in [5.74, 6) is 0.188. The Balaban J connectivity index is 2.14. The molecule has 0 fully saturated rings. The first-order valence-electron chi connectivity index (χ1n) is 6.89. The summed E-state index contributed by atoms with van der Waals surface area (Å²) in [6.45, 7) is 2.18. The molecule has 0 aliphatic carbocycles. The second kappa shape index (κ2) is 7.25. The normalized spacial score (nSPS) is 11.4. The highest BCUT2D eigenvalue weighted by Gasteiger charge is 2.18. The monoisotopic (exact) mass is 279 g/mol. The minimum absolute atomic E-state index is 0.0554. The first-order valence-corrected chi connectivity index (χ1v) is 6.89. The van der Waals surface area contributed by atoms with Gasteiger partial charge in [0.15, 0.2) is 5.78 Å². The molecule has 2 rings (SSSR count). The van der Waals surface area contributed by atoms with E-state index < -0.39 is 0 Å². The lowest BCUT2D eigenvalue weighted by Gasteiger charge is -2.13. The molecule has 0 heterocycles. The summed E-state index contributed by atoms with van der Waals surface area (Å²) in [6, 6.07) is 19.0. The van der Waals surface area contributed by atoms with Crippen molar-refractivity contribution in [3.8, 4) is 11.8 Å². The van der Waals surface area contributed by atoms with Gasteiger partial charge in [0.25, 0.3) is 0 Å². The first kappa shape index (κ1) is 14.8. The Morgan fingerprint density at radius 3 is 2.52 bits per heavy atom. The van der Waals surface area contributed by atoms with Gasteiger partial charge in [-0.05, 0) is 17.7 Å². The Morgan fingerprint density at radius 2 is 1.81 bits per heavy atom. The van der Waals surface area contributed by atoms with Crippen LogP contribution in [0.3, 0.4) is 0 Å². The second-order valence-electron chi connectivity index (χ2n) is 4.90. The molecule has 3 nitrogen and oxygen atoms in total. The van der Waals surface area contributed by atoms with Crippen molar-refractivity contribution in [2.75, 3.05) is 0 Å². The Morgan fingerprint density at radius 1 is 1.14 bits per heavy atom. The topological polar surface area (TPSA) is 50.1 Å². The molecule has 0 aromatic heterocycles. The molecule has 2 aromatic rings. The van der Waals surface area contributed by atoms with Crippen molar-refractivity contribution < 1.29 is 9.53 Å². The van der Waals surface area contributed by atoms with Gasteiger partial charge in [0, 0.05) is 12.3 Å². The molecule has 1 atom stereocenters. The minimum atomic E-state index is -0.323. The molecule has 0 aliphatic heterocycles. The quantitative estimate of drug-likeness (QED) is 0.751. The summed E-state index contributed by atoms with van der Waals surface area (Å²) >= 11 is 0. The summed E-state index contributed by atoms with van der Waals surface area (Å²) in [7, 11) is 0. The van der Waals surface area contributed by atoms with Crippen molar-refractivity contribution in [2.24, 2.45) is 5.92 Å². The molecule has 0 saturated heterocycles. The largest absolute Gasteiger partial charge is 0.488 e. The van der Waals surface area contributed by atoms with E-state index in [0.717, 1.165) is 5.56 Å². The molecule has 1 unspecified atom stereocenters. The van der Waals surface area contributed by atoms with Gasteiger partial charge in [-0.1, -0.05) is 49.4 Å². The van der Waals surface area contributed by atoms with Gasteiger partial charge >= 0.3 is 0 Å². The molecule has 0 spiro atoms. The van der Waals surface area contributed by atoms with Crippen LogP contribution in [0.15, 0.2) is 54.6 Å². The lowest BCUT2D eigenvalue weighted by Crippen LogP contribution is -2.12. The van der Waals surface area contributed by atoms with Crippen molar-refractivity contribution in [1.82, 2.24) is 0 Å². The number of benzene rings is 2. The van der Waals surface area contributed by atoms with Crippen molar-refractivity contribution in [3.63, 3.8) is 0 Å². The van der Waals surface area contributed by atoms with Crippen LogP contribution in [0.1, 0.15) is 29.3 Å². The van der Waals surface area contributed by atoms with Gasteiger partial charge in [-0.25, -0.2) is 0 Å². The van der Waals surface area contributed by atoms with Crippen LogP contribution in [0.2, 0.25) is 0 Å². The first-order chi connectivity index (χ1) is 10.2. The zero-order valence-electron chi connectivity index (χ0n) is 12.0. The van der Waals surface area contributed by atoms with Crippen LogP contribution in [0.4, 0.5) is 0 Å². The van der Waals surface area contributed by atoms with Gasteiger partial charge in [-0.3, -0.25) is 4.79 Å². The number of carbonyl (C=O) groups is 1. The van der Waals surface area contributed by atoms with E-state index in [1.807, 2.05) is 48.5 Å². The van der Waals surface area contributed by atoms with E-state index in [9.17, 15) is 4.79 Å². The van der Waals surface area contributed by atoms with Gasteiger partial charge in [-0.15, -0.1) is 0 Å². The molecule has 2 aromatic carbocycles. The van der Waals surface area contributed by atoms with Crippen molar-refractivity contribution in [1.29, 1.82) is 5.26 Å². The number of ether oxygens (including phenoxy) is 1. The third kappa shape index (κ3) is 3.93. The molecule has 106 valence electrons. The van der Waals surface area contributed by atoms with Crippen LogP contribution in [0, 0.1) is 17.2 Å². The van der Waals surface area contributed by atoms with E-state index in [-0.39, 0.29) is 18.1 Å². The molecular formula is C18H17NO2. The summed E-state index contributed by atoms with van der Waals surface area (Å²) in [6.07, 6.45) is 0.214. The van der Waals surface area contributed by atoms with Gasteiger partial charge in [0.1, 0.15) is 12.4 Å². The fourth-order valence-corrected chi connectivity index (χ4v) is 2.03. The molecule has 0 aliphatic rings. The van der Waals surface area contributed by atoms with Crippen LogP contribution >= 0.6 is 0 Å². The maximum atomic E-state index is 12.3. The number of Topliss-reactive ketones (excluding diaryl/α,β-unsaturated/α-hetero) is 1. The number of hydrogen-bond acceptors (Lipinski definition) is 3. The van der Waals surface area contributed by atoms with Gasteiger partial charge in [0.2, 0.25) is 0 Å². The lowest BCUT2D eigenvalue weighted by atomic mass is 9.96. The Labute approximate surface area is 124 Å². The van der Waals surface area contributed by atoms with Gasteiger partial charge < -0.3 is 4.74 Å². The number of carbonyl (C=O) groups excluding carboxylic acids is 1. The Bertz CT molecular complexity index is 644. The highest BCUT2D eigenvalue weighted by molar-refractivity contribution is 6.00. The highest BCUT2D eigenvalue weighted by Crippen LogP contribution is 2.23. The summed E-state index contributed by atoms with van der Waals surface area (Å²) in [5, 5.41) is 8.72. The molecule has 0 radical (unpaired) electrons. The van der Waals surface area contributed by atoms with E-state index in [1.165, 1.54) is 0 Å². The molecule has 21 heavy (non-hydrogen) atoms. The smallest absolute Gasteiger partial charge is 0.170 e. The number of nitriles is 1. The minimum Gasteiger partial charge on any atom is -0.488 e. The maximum absolute atomic E-state index is 12.3. The Hall–Kier alpha value is -2.60. The second-order valence-corrected chi connectivity index (χ2v) is 4.90. The number of para-hydroxylation sites is 1.